The van der Waals surface area contributed by atoms with Gasteiger partial charge in [-0.2, -0.15) is 0 Å². The second-order valence-electron chi connectivity index (χ2n) is 5.10. The van der Waals surface area contributed by atoms with Gasteiger partial charge in [-0.3, -0.25) is 9.59 Å². The molecule has 0 bridgehead atoms. The monoisotopic (exact) mass is 358 g/mol. The van der Waals surface area contributed by atoms with Crippen molar-refractivity contribution in [1.29, 1.82) is 0 Å². The van der Waals surface area contributed by atoms with Crippen molar-refractivity contribution in [2.45, 2.75) is 23.5 Å². The van der Waals surface area contributed by atoms with Crippen LogP contribution in [0.5, 0.6) is 0 Å². The molecule has 0 saturated carbocycles. The molecular weight excluding hydrogens is 336 g/mol. The van der Waals surface area contributed by atoms with Gasteiger partial charge in [0.25, 0.3) is 0 Å². The van der Waals surface area contributed by atoms with E-state index in [9.17, 15) is 9.59 Å². The van der Waals surface area contributed by atoms with Gasteiger partial charge in [-0.05, 0) is 37.6 Å². The number of halogens is 1. The fourth-order valence-corrected chi connectivity index (χ4v) is 2.98. The van der Waals surface area contributed by atoms with Crippen molar-refractivity contribution in [3.8, 4) is 0 Å². The summed E-state index contributed by atoms with van der Waals surface area (Å²) < 4.78 is 4.91. The Hall–Kier alpha value is -1.24. The van der Waals surface area contributed by atoms with E-state index in [4.69, 9.17) is 16.3 Å². The summed E-state index contributed by atoms with van der Waals surface area (Å²) in [7, 11) is 3.25. The Labute approximate surface area is 146 Å². The highest BCUT2D eigenvalue weighted by atomic mass is 35.5. The summed E-state index contributed by atoms with van der Waals surface area (Å²) in [5.41, 5.74) is 0. The molecule has 0 aliphatic carbocycles. The predicted octanol–water partition coefficient (Wildman–Crippen LogP) is 2.43. The Bertz CT molecular complexity index is 511. The summed E-state index contributed by atoms with van der Waals surface area (Å²) in [6.07, 6.45) is 0.753. The highest BCUT2D eigenvalue weighted by molar-refractivity contribution is 8.00. The van der Waals surface area contributed by atoms with Crippen LogP contribution in [-0.2, 0) is 14.3 Å². The highest BCUT2D eigenvalue weighted by Crippen LogP contribution is 2.25. The van der Waals surface area contributed by atoms with Crippen molar-refractivity contribution in [1.82, 2.24) is 10.2 Å². The van der Waals surface area contributed by atoms with Gasteiger partial charge in [-0.15, -0.1) is 11.8 Å². The maximum atomic E-state index is 12.3. The molecule has 0 saturated heterocycles. The fraction of sp³-hybridized carbons (Fsp3) is 0.500. The predicted molar refractivity (Wildman–Crippen MR) is 93.9 cm³/mol. The number of carbonyl (C=O) groups excluding carboxylic acids is 2. The van der Waals surface area contributed by atoms with Crippen molar-refractivity contribution < 1.29 is 14.3 Å². The van der Waals surface area contributed by atoms with E-state index in [1.165, 1.54) is 16.7 Å². The minimum absolute atomic E-state index is 0.0529. The summed E-state index contributed by atoms with van der Waals surface area (Å²) in [6.45, 7) is 3.03. The third kappa shape index (κ3) is 7.72. The normalized spacial score (nSPS) is 11.8. The van der Waals surface area contributed by atoms with Crippen molar-refractivity contribution in [2.75, 3.05) is 33.9 Å². The van der Waals surface area contributed by atoms with Gasteiger partial charge in [-0.25, -0.2) is 0 Å². The number of benzene rings is 1. The largest absolute Gasteiger partial charge is 0.385 e. The van der Waals surface area contributed by atoms with Crippen LogP contribution in [0, 0.1) is 0 Å². The second kappa shape index (κ2) is 10.5. The first-order chi connectivity index (χ1) is 10.9. The minimum atomic E-state index is -0.275. The lowest BCUT2D eigenvalue weighted by atomic mass is 10.3. The molecule has 0 aliphatic rings. The van der Waals surface area contributed by atoms with Crippen LogP contribution < -0.4 is 5.32 Å². The molecule has 1 N–H and O–H groups in total. The van der Waals surface area contributed by atoms with E-state index in [2.05, 4.69) is 5.32 Å². The molecule has 0 heterocycles. The molecule has 0 radical (unpaired) electrons. The molecule has 0 aromatic heterocycles. The molecule has 7 heteroatoms. The lowest BCUT2D eigenvalue weighted by Crippen LogP contribution is -2.41. The van der Waals surface area contributed by atoms with Gasteiger partial charge in [0, 0.05) is 37.2 Å². The third-order valence-electron chi connectivity index (χ3n) is 3.08. The minimum Gasteiger partial charge on any atom is -0.385 e. The number of ether oxygens (including phenoxy) is 1. The first kappa shape index (κ1) is 19.8. The van der Waals surface area contributed by atoms with E-state index in [0.29, 0.717) is 18.2 Å². The molecule has 5 nitrogen and oxygen atoms in total. The SMILES string of the molecule is COCCCNC(=O)CN(C)C(=O)C(C)Sc1ccc(Cl)cc1. The van der Waals surface area contributed by atoms with Crippen molar-refractivity contribution in [3.05, 3.63) is 29.3 Å². The second-order valence-corrected chi connectivity index (χ2v) is 6.96. The van der Waals surface area contributed by atoms with Crippen molar-refractivity contribution in [2.24, 2.45) is 0 Å². The van der Waals surface area contributed by atoms with Gasteiger partial charge in [0.2, 0.25) is 11.8 Å². The zero-order chi connectivity index (χ0) is 17.2. The average molecular weight is 359 g/mol. The van der Waals surface area contributed by atoms with Crippen LogP contribution in [0.15, 0.2) is 29.2 Å². The Morgan fingerprint density at radius 2 is 2.00 bits per heavy atom. The number of carbonyl (C=O) groups is 2. The smallest absolute Gasteiger partial charge is 0.239 e. The quantitative estimate of drug-likeness (QED) is 0.544. The van der Waals surface area contributed by atoms with Crippen LogP contribution >= 0.6 is 23.4 Å². The summed E-state index contributed by atoms with van der Waals surface area (Å²) in [5, 5.41) is 3.15. The topological polar surface area (TPSA) is 58.6 Å². The molecule has 0 spiro atoms. The molecule has 1 rings (SSSR count). The first-order valence-corrected chi connectivity index (χ1v) is 8.62. The van der Waals surface area contributed by atoms with Gasteiger partial charge in [0.05, 0.1) is 11.8 Å². The Morgan fingerprint density at radius 3 is 2.61 bits per heavy atom. The number of hydrogen-bond donors (Lipinski definition) is 1. The number of methoxy groups -OCH3 is 1. The molecule has 1 aromatic carbocycles. The van der Waals surface area contributed by atoms with Gasteiger partial charge in [-0.1, -0.05) is 11.6 Å². The molecule has 1 aromatic rings. The van der Waals surface area contributed by atoms with Gasteiger partial charge in [0.15, 0.2) is 0 Å². The Balaban J connectivity index is 2.39. The molecule has 0 fully saturated rings. The van der Waals surface area contributed by atoms with E-state index in [-0.39, 0.29) is 23.6 Å². The number of thioether (sulfide) groups is 1. The van der Waals surface area contributed by atoms with Gasteiger partial charge < -0.3 is 15.0 Å². The zero-order valence-corrected chi connectivity index (χ0v) is 15.2. The maximum absolute atomic E-state index is 12.3. The number of likely N-dealkylation sites (N-methyl/N-ethyl adjacent to an activating group) is 1. The number of amides is 2. The Morgan fingerprint density at radius 1 is 1.35 bits per heavy atom. The Kier molecular flexibility index (Phi) is 9.06. The number of rotatable bonds is 9. The third-order valence-corrected chi connectivity index (χ3v) is 4.43. The fourth-order valence-electron chi connectivity index (χ4n) is 1.87. The lowest BCUT2D eigenvalue weighted by Gasteiger charge is -2.20. The molecule has 2 amide bonds. The van der Waals surface area contributed by atoms with Crippen LogP contribution in [0.1, 0.15) is 13.3 Å². The average Bonchev–Trinajstić information content (AvgIpc) is 2.53. The molecule has 1 atom stereocenters. The standard InChI is InChI=1S/C16H23ClN2O3S/c1-12(23-14-7-5-13(17)6-8-14)16(21)19(2)11-15(20)18-9-4-10-22-3/h5-8,12H,4,9-11H2,1-3H3,(H,18,20). The van der Waals surface area contributed by atoms with E-state index >= 15 is 0 Å². The number of nitrogens with zero attached hydrogens (tertiary/aromatic N) is 1. The molecular formula is C16H23ClN2O3S. The van der Waals surface area contributed by atoms with Crippen LogP contribution in [0.3, 0.4) is 0 Å². The highest BCUT2D eigenvalue weighted by Gasteiger charge is 2.20. The van der Waals surface area contributed by atoms with Crippen LogP contribution in [0.25, 0.3) is 0 Å². The lowest BCUT2D eigenvalue weighted by molar-refractivity contribution is -0.134. The summed E-state index contributed by atoms with van der Waals surface area (Å²) in [6, 6.07) is 7.33. The van der Waals surface area contributed by atoms with E-state index in [1.807, 2.05) is 19.1 Å². The van der Waals surface area contributed by atoms with E-state index < -0.39 is 0 Å². The molecule has 1 unspecified atom stereocenters. The van der Waals surface area contributed by atoms with Crippen LogP contribution in [0.2, 0.25) is 5.02 Å². The van der Waals surface area contributed by atoms with Crippen molar-refractivity contribution >= 4 is 35.2 Å². The molecule has 23 heavy (non-hydrogen) atoms. The maximum Gasteiger partial charge on any atom is 0.239 e. The summed E-state index contributed by atoms with van der Waals surface area (Å²) >= 11 is 7.29. The zero-order valence-electron chi connectivity index (χ0n) is 13.7. The number of nitrogens with one attached hydrogen (secondary N) is 1. The summed E-state index contributed by atoms with van der Waals surface area (Å²) in [4.78, 5) is 26.5. The number of hydrogen-bond acceptors (Lipinski definition) is 4. The van der Waals surface area contributed by atoms with Gasteiger partial charge in [0.1, 0.15) is 0 Å². The van der Waals surface area contributed by atoms with Gasteiger partial charge >= 0.3 is 0 Å². The van der Waals surface area contributed by atoms with E-state index in [1.54, 1.807) is 26.3 Å². The van der Waals surface area contributed by atoms with Crippen LogP contribution in [0.4, 0.5) is 0 Å². The first-order valence-electron chi connectivity index (χ1n) is 7.37. The van der Waals surface area contributed by atoms with Crippen molar-refractivity contribution in [3.63, 3.8) is 0 Å². The molecule has 0 aliphatic heterocycles. The van der Waals surface area contributed by atoms with E-state index in [0.717, 1.165) is 11.3 Å². The van der Waals surface area contributed by atoms with Crippen LogP contribution in [-0.4, -0.2) is 55.8 Å². The summed E-state index contributed by atoms with van der Waals surface area (Å²) in [5.74, 6) is -0.252. The molecule has 128 valence electrons.